The zero-order valence-electron chi connectivity index (χ0n) is 10.8. The van der Waals surface area contributed by atoms with Crippen LogP contribution in [0.3, 0.4) is 0 Å². The minimum absolute atomic E-state index is 0.436. The van der Waals surface area contributed by atoms with Gasteiger partial charge in [-0.3, -0.25) is 4.99 Å². The zero-order chi connectivity index (χ0) is 11.6. The Kier molecular flexibility index (Phi) is 3.83. The third-order valence-corrected chi connectivity index (χ3v) is 5.26. The second kappa shape index (κ2) is 4.99. The van der Waals surface area contributed by atoms with E-state index in [2.05, 4.69) is 31.1 Å². The average molecular weight is 240 g/mol. The first-order valence-electron chi connectivity index (χ1n) is 6.59. The van der Waals surface area contributed by atoms with Crippen LogP contribution in [0.25, 0.3) is 0 Å². The summed E-state index contributed by atoms with van der Waals surface area (Å²) in [6, 6.07) is 0.628. The molecular formula is C13H24N2S. The van der Waals surface area contributed by atoms with E-state index in [4.69, 9.17) is 0 Å². The lowest BCUT2D eigenvalue weighted by Gasteiger charge is -2.39. The Bertz CT molecular complexity index is 273. The Balaban J connectivity index is 1.89. The van der Waals surface area contributed by atoms with Gasteiger partial charge in [-0.15, -0.1) is 0 Å². The number of hydrogen-bond acceptors (Lipinski definition) is 3. The highest BCUT2D eigenvalue weighted by Gasteiger charge is 2.33. The minimum atomic E-state index is 0.436. The second-order valence-electron chi connectivity index (χ2n) is 5.73. The van der Waals surface area contributed by atoms with Crippen LogP contribution >= 0.6 is 11.8 Å². The molecule has 1 N–H and O–H groups in total. The molecule has 0 radical (unpaired) electrons. The molecule has 92 valence electrons. The van der Waals surface area contributed by atoms with Gasteiger partial charge in [-0.25, -0.2) is 0 Å². The summed E-state index contributed by atoms with van der Waals surface area (Å²) in [5.41, 5.74) is 0.436. The first-order valence-corrected chi connectivity index (χ1v) is 7.47. The largest absolute Gasteiger partial charge is 0.362 e. The number of rotatable bonds is 2. The minimum Gasteiger partial charge on any atom is -0.362 e. The summed E-state index contributed by atoms with van der Waals surface area (Å²) in [5, 5.41) is 5.60. The molecule has 2 nitrogen and oxygen atoms in total. The number of nitrogens with one attached hydrogen (secondary N) is 1. The molecular weight excluding hydrogens is 216 g/mol. The number of aliphatic imine (C=N–C) groups is 1. The van der Waals surface area contributed by atoms with Crippen LogP contribution in [0.2, 0.25) is 0 Å². The van der Waals surface area contributed by atoms with E-state index in [0.717, 1.165) is 6.54 Å². The van der Waals surface area contributed by atoms with Crippen molar-refractivity contribution in [2.75, 3.05) is 6.54 Å². The molecule has 2 unspecified atom stereocenters. The van der Waals surface area contributed by atoms with Gasteiger partial charge in [-0.2, -0.15) is 0 Å². The smallest absolute Gasteiger partial charge is 0.157 e. The monoisotopic (exact) mass is 240 g/mol. The Labute approximate surface area is 104 Å². The number of nitrogens with zero attached hydrogens (tertiary/aromatic N) is 1. The van der Waals surface area contributed by atoms with Gasteiger partial charge in [0, 0.05) is 11.3 Å². The first-order chi connectivity index (χ1) is 7.62. The highest BCUT2D eigenvalue weighted by atomic mass is 32.2. The van der Waals surface area contributed by atoms with Crippen LogP contribution in [0.1, 0.15) is 52.9 Å². The molecule has 16 heavy (non-hydrogen) atoms. The maximum absolute atomic E-state index is 4.62. The van der Waals surface area contributed by atoms with Crippen LogP contribution < -0.4 is 5.32 Å². The molecule has 0 bridgehead atoms. The van der Waals surface area contributed by atoms with Crippen molar-refractivity contribution in [2.45, 2.75) is 64.2 Å². The fourth-order valence-electron chi connectivity index (χ4n) is 2.62. The van der Waals surface area contributed by atoms with Crippen molar-refractivity contribution in [3.8, 4) is 0 Å². The van der Waals surface area contributed by atoms with Crippen molar-refractivity contribution < 1.29 is 0 Å². The van der Waals surface area contributed by atoms with Crippen LogP contribution in [0.15, 0.2) is 4.99 Å². The van der Waals surface area contributed by atoms with Crippen LogP contribution in [-0.2, 0) is 0 Å². The molecule has 0 spiro atoms. The van der Waals surface area contributed by atoms with Gasteiger partial charge in [-0.1, -0.05) is 45.4 Å². The molecule has 1 heterocycles. The quantitative estimate of drug-likeness (QED) is 0.799. The molecule has 2 atom stereocenters. The molecule has 0 aromatic heterocycles. The Morgan fingerprint density at radius 2 is 2.25 bits per heavy atom. The van der Waals surface area contributed by atoms with Crippen molar-refractivity contribution in [1.82, 2.24) is 5.32 Å². The molecule has 2 rings (SSSR count). The summed E-state index contributed by atoms with van der Waals surface area (Å²) < 4.78 is 0. The molecule has 2 aliphatic rings. The van der Waals surface area contributed by atoms with Crippen molar-refractivity contribution in [2.24, 2.45) is 10.4 Å². The van der Waals surface area contributed by atoms with Gasteiger partial charge in [0.2, 0.25) is 0 Å². The molecule has 3 heteroatoms. The third-order valence-electron chi connectivity index (χ3n) is 3.98. The zero-order valence-corrected chi connectivity index (χ0v) is 11.6. The van der Waals surface area contributed by atoms with Crippen molar-refractivity contribution >= 4 is 16.9 Å². The van der Waals surface area contributed by atoms with Gasteiger partial charge in [0.15, 0.2) is 5.17 Å². The fraction of sp³-hybridized carbons (Fsp3) is 0.923. The topological polar surface area (TPSA) is 24.4 Å². The maximum atomic E-state index is 4.62. The van der Waals surface area contributed by atoms with Crippen molar-refractivity contribution in [3.63, 3.8) is 0 Å². The highest BCUT2D eigenvalue weighted by molar-refractivity contribution is 8.14. The van der Waals surface area contributed by atoms with Gasteiger partial charge < -0.3 is 5.32 Å². The molecule has 1 saturated carbocycles. The summed E-state index contributed by atoms with van der Waals surface area (Å²) in [6.07, 6.45) is 6.65. The molecule has 0 aromatic carbocycles. The van der Waals surface area contributed by atoms with E-state index in [9.17, 15) is 0 Å². The number of thioether (sulfide) groups is 1. The summed E-state index contributed by atoms with van der Waals surface area (Å²) in [6.45, 7) is 8.04. The normalized spacial score (nSPS) is 33.6. The Morgan fingerprint density at radius 3 is 2.88 bits per heavy atom. The molecule has 0 aromatic rings. The lowest BCUT2D eigenvalue weighted by atomic mass is 9.73. The van der Waals surface area contributed by atoms with E-state index in [1.165, 1.54) is 37.3 Å². The molecule has 1 aliphatic heterocycles. The standard InChI is InChI=1S/C13H24N2S/c1-4-10-9-14-12(16-10)15-11-7-5-6-8-13(11,2)3/h10-11H,4-9H2,1-3H3,(H,14,15). The van der Waals surface area contributed by atoms with E-state index < -0.39 is 0 Å². The third kappa shape index (κ3) is 2.73. The summed E-state index contributed by atoms with van der Waals surface area (Å²) in [7, 11) is 0. The molecule has 1 aliphatic carbocycles. The summed E-state index contributed by atoms with van der Waals surface area (Å²) in [4.78, 5) is 4.62. The van der Waals surface area contributed by atoms with Crippen LogP contribution in [0, 0.1) is 5.41 Å². The van der Waals surface area contributed by atoms with Crippen molar-refractivity contribution in [1.29, 1.82) is 0 Å². The molecule has 1 fully saturated rings. The van der Waals surface area contributed by atoms with Crippen LogP contribution in [-0.4, -0.2) is 23.0 Å². The van der Waals surface area contributed by atoms with Gasteiger partial charge in [0.1, 0.15) is 0 Å². The highest BCUT2D eigenvalue weighted by Crippen LogP contribution is 2.36. The summed E-state index contributed by atoms with van der Waals surface area (Å²) >= 11 is 1.94. The van der Waals surface area contributed by atoms with E-state index in [-0.39, 0.29) is 0 Å². The van der Waals surface area contributed by atoms with E-state index in [1.807, 2.05) is 11.8 Å². The van der Waals surface area contributed by atoms with Crippen LogP contribution in [0.4, 0.5) is 0 Å². The van der Waals surface area contributed by atoms with Crippen molar-refractivity contribution in [3.05, 3.63) is 0 Å². The van der Waals surface area contributed by atoms with Gasteiger partial charge in [-0.05, 0) is 24.7 Å². The van der Waals surface area contributed by atoms with Gasteiger partial charge in [0.05, 0.1) is 6.54 Å². The Morgan fingerprint density at radius 1 is 1.44 bits per heavy atom. The van der Waals surface area contributed by atoms with Gasteiger partial charge in [0.25, 0.3) is 0 Å². The lowest BCUT2D eigenvalue weighted by Crippen LogP contribution is -2.45. The van der Waals surface area contributed by atoms with E-state index >= 15 is 0 Å². The molecule has 0 saturated heterocycles. The fourth-order valence-corrected chi connectivity index (χ4v) is 3.61. The second-order valence-corrected chi connectivity index (χ2v) is 7.01. The first kappa shape index (κ1) is 12.3. The lowest BCUT2D eigenvalue weighted by molar-refractivity contribution is 0.186. The van der Waals surface area contributed by atoms with E-state index in [1.54, 1.807) is 0 Å². The number of hydrogen-bond donors (Lipinski definition) is 1. The predicted molar refractivity (Wildman–Crippen MR) is 73.1 cm³/mol. The summed E-state index contributed by atoms with van der Waals surface area (Å²) in [5.74, 6) is 0. The molecule has 0 amide bonds. The van der Waals surface area contributed by atoms with E-state index in [0.29, 0.717) is 16.7 Å². The average Bonchev–Trinajstić information content (AvgIpc) is 2.69. The number of amidine groups is 1. The Hall–Kier alpha value is -0.180. The SMILES string of the molecule is CCC1CN=C(NC2CCCCC2(C)C)S1. The van der Waals surface area contributed by atoms with Crippen LogP contribution in [0.5, 0.6) is 0 Å². The predicted octanol–water partition coefficient (Wildman–Crippen LogP) is 3.43. The van der Waals surface area contributed by atoms with Gasteiger partial charge >= 0.3 is 0 Å². The maximum Gasteiger partial charge on any atom is 0.157 e.